The minimum atomic E-state index is -2.22. The normalized spacial score (nSPS) is 14.7. The van der Waals surface area contributed by atoms with Crippen molar-refractivity contribution in [3.63, 3.8) is 0 Å². The van der Waals surface area contributed by atoms with Crippen LogP contribution < -0.4 is 29.4 Å². The molecule has 828 valence electrons. The highest BCUT2D eigenvalue weighted by molar-refractivity contribution is 5.65. The van der Waals surface area contributed by atoms with Crippen molar-refractivity contribution in [2.45, 2.75) is 494 Å². The standard InChI is InChI=1S/2C29H46N2.C25H38N2.C19H42N2.2C15H34N2/c2*1-21-15-13-16-22(2)25(21)30(27(5,6)7)19-29(11,12)20-31(28(8,9)10)26-23(3)17-14-18-24(26)4;1-23(2,3)26(21-15-11-9-12-16-21)19-25(7,8)20-27(24(4,5)6)22-17-13-10-14-18-22;1-15(2)20(17(5,6)7)13-19(11,12)14-21(16(3)4)18(8,9)10;2*1-13(2,3)16(9)11-15(7,8)12-17(10)14(4,5)6/h2*13-18H,19-20H2,1-12H3;9-18H,19-20H2,1-8H3;15-16H,13-14H2,1-12H3;2*11-12H2,1-10H3/i1D3;;;;9D3,10D3;. The van der Waals surface area contributed by atoms with Gasteiger partial charge in [0.1, 0.15) is 0 Å². The van der Waals surface area contributed by atoms with Crippen molar-refractivity contribution >= 4 is 34.1 Å². The lowest BCUT2D eigenvalue weighted by molar-refractivity contribution is 0.00669. The molecule has 0 spiro atoms. The Hall–Kier alpha value is -6.12. The van der Waals surface area contributed by atoms with Gasteiger partial charge in [0.15, 0.2) is 0 Å². The van der Waals surface area contributed by atoms with E-state index < -0.39 is 37.3 Å². The van der Waals surface area contributed by atoms with Crippen LogP contribution in [0.1, 0.15) is 417 Å². The second kappa shape index (κ2) is 52.3. The maximum atomic E-state index is 8.19. The molecule has 0 fully saturated rings. The van der Waals surface area contributed by atoms with Gasteiger partial charge in [-0.2, -0.15) is 0 Å². The predicted molar refractivity (Wildman–Crippen MR) is 655 cm³/mol. The van der Waals surface area contributed by atoms with E-state index in [1.807, 2.05) is 74.4 Å². The maximum Gasteiger partial charge on any atom is 0.0430 e. The third-order valence-electron chi connectivity index (χ3n) is 27.7. The molecule has 0 aliphatic heterocycles. The first kappa shape index (κ1) is 120. The summed E-state index contributed by atoms with van der Waals surface area (Å²) in [6, 6.07) is 48.2. The Kier molecular flexibility index (Phi) is 43.5. The summed E-state index contributed by atoms with van der Waals surface area (Å²) in [6.45, 7) is 136. The molecule has 0 N–H and O–H groups in total. The third kappa shape index (κ3) is 46.8. The second-order valence-corrected chi connectivity index (χ2v) is 60.2. The maximum absolute atomic E-state index is 8.19. The Labute approximate surface area is 911 Å². The average molecular weight is 2000 g/mol. The molecule has 0 unspecified atom stereocenters. The van der Waals surface area contributed by atoms with E-state index in [0.717, 1.165) is 76.7 Å². The summed E-state index contributed by atoms with van der Waals surface area (Å²) in [6.07, 6.45) is 0. The van der Waals surface area contributed by atoms with E-state index in [-0.39, 0.29) is 90.1 Å². The zero-order valence-corrected chi connectivity index (χ0v) is 106. The number of anilines is 6. The summed E-state index contributed by atoms with van der Waals surface area (Å²) >= 11 is 0. The van der Waals surface area contributed by atoms with E-state index in [4.69, 9.17) is 12.3 Å². The lowest BCUT2D eigenvalue weighted by Crippen LogP contribution is -2.55. The van der Waals surface area contributed by atoms with E-state index in [1.54, 1.807) is 6.07 Å². The lowest BCUT2D eigenvalue weighted by atomic mass is 9.86. The van der Waals surface area contributed by atoms with Gasteiger partial charge >= 0.3 is 0 Å². The van der Waals surface area contributed by atoms with Crippen LogP contribution in [0.15, 0.2) is 133 Å². The lowest BCUT2D eigenvalue weighted by Gasteiger charge is -2.48. The highest BCUT2D eigenvalue weighted by Gasteiger charge is 2.42. The second-order valence-electron chi connectivity index (χ2n) is 60.2. The fourth-order valence-electron chi connectivity index (χ4n) is 19.2. The molecule has 12 nitrogen and oxygen atoms in total. The molecule has 144 heavy (non-hydrogen) atoms. The summed E-state index contributed by atoms with van der Waals surface area (Å²) in [5.74, 6) is 0. The molecule has 0 saturated heterocycles. The number of para-hydroxylation sites is 6. The number of benzene rings is 6. The molecule has 0 amide bonds. The molecule has 0 atom stereocenters. The highest BCUT2D eigenvalue weighted by atomic mass is 15.3. The van der Waals surface area contributed by atoms with Crippen LogP contribution in [-0.2, 0) is 0 Å². The van der Waals surface area contributed by atoms with Gasteiger partial charge in [-0.25, -0.2) is 0 Å². The summed E-state index contributed by atoms with van der Waals surface area (Å²) in [5, 5.41) is 0. The molecule has 0 radical (unpaired) electrons. The van der Waals surface area contributed by atoms with Crippen LogP contribution in [0, 0.1) is 87.8 Å². The van der Waals surface area contributed by atoms with E-state index in [9.17, 15) is 0 Å². The zero-order valence-electron chi connectivity index (χ0n) is 115. The smallest absolute Gasteiger partial charge is 0.0430 e. The number of hydrogen-bond donors (Lipinski definition) is 0. The van der Waals surface area contributed by atoms with E-state index >= 15 is 0 Å². The molecule has 0 aliphatic carbocycles. The monoisotopic (exact) mass is 2000 g/mol. The summed E-state index contributed by atoms with van der Waals surface area (Å²) < 4.78 is 71.3. The van der Waals surface area contributed by atoms with E-state index in [2.05, 4.69) is 525 Å². The van der Waals surface area contributed by atoms with Crippen LogP contribution in [0.25, 0.3) is 0 Å². The molecule has 0 aliphatic rings. The Morgan fingerprint density at radius 1 is 0.188 bits per heavy atom. The number of nitrogens with zero attached hydrogens (tertiary/aromatic N) is 12. The molecule has 6 aromatic rings. The van der Waals surface area contributed by atoms with Crippen LogP contribution in [-0.4, -0.2) is 215 Å². The molecule has 12 heteroatoms. The molecular weight excluding hydrogens is 1750 g/mol. The van der Waals surface area contributed by atoms with Gasteiger partial charge in [-0.05, 0) is 462 Å². The molecule has 0 bridgehead atoms. The first-order chi connectivity index (χ1) is 67.7. The number of hydrogen-bond acceptors (Lipinski definition) is 12. The van der Waals surface area contributed by atoms with Gasteiger partial charge in [-0.15, -0.1) is 0 Å². The quantitative estimate of drug-likeness (QED) is 0.0404. The Morgan fingerprint density at radius 2 is 0.354 bits per heavy atom. The van der Waals surface area contributed by atoms with Gasteiger partial charge < -0.3 is 49.0 Å². The van der Waals surface area contributed by atoms with E-state index in [1.165, 1.54) is 71.6 Å². The van der Waals surface area contributed by atoms with Crippen LogP contribution in [0.5, 0.6) is 0 Å². The van der Waals surface area contributed by atoms with Crippen LogP contribution in [0.4, 0.5) is 34.1 Å². The largest absolute Gasteiger partial charge is 0.366 e. The fraction of sp³-hybridized carbons (Fsp3) is 0.727. The number of aryl methyl sites for hydroxylation is 8. The van der Waals surface area contributed by atoms with Gasteiger partial charge in [0.2, 0.25) is 0 Å². The highest BCUT2D eigenvalue weighted by Crippen LogP contribution is 2.43. The van der Waals surface area contributed by atoms with Crippen molar-refractivity contribution in [1.29, 1.82) is 0 Å². The molecule has 6 rings (SSSR count). The Balaban J connectivity index is 0.000000931. The molecule has 6 aromatic carbocycles. The first-order valence-corrected chi connectivity index (χ1v) is 54.8. The zero-order chi connectivity index (χ0) is 121. The van der Waals surface area contributed by atoms with Crippen molar-refractivity contribution in [1.82, 2.24) is 29.4 Å². The summed E-state index contributed by atoms with van der Waals surface area (Å²) in [7, 11) is 4.44. The van der Waals surface area contributed by atoms with Gasteiger partial charge in [0, 0.05) is 204 Å². The SMILES string of the molecule is CC(C)(CN(c1ccccc1)C(C)(C)C)CN(c1ccccc1)C(C)(C)C.CC(C)N(CC(C)(C)CN(C(C)C)C(C)(C)C)C(C)(C)C.CN(CC(C)(C)CN(C)C(C)(C)C)C(C)(C)C.Cc1cccc(C)c1N(CC(C)(C)CN(c1c(C)cccc1C)C(C)(C)C)C(C)(C)C.[2H]C([2H])([2H])N(CC(C)(C)CN(C([2H])([2H])[2H])C(C)(C)C)C(C)(C)C.[2H]C([2H])([2H])c1cccc(C)c1N(CC(C)(C)CN(c1c(C)cccc1C)C(C)(C)C)C(C)(C)C. The van der Waals surface area contributed by atoms with Crippen LogP contribution in [0.2, 0.25) is 0 Å². The van der Waals surface area contributed by atoms with Gasteiger partial charge in [0.25, 0.3) is 0 Å². The Bertz CT molecular complexity index is 4750. The Morgan fingerprint density at radius 3 is 0.521 bits per heavy atom. The van der Waals surface area contributed by atoms with Crippen LogP contribution >= 0.6 is 0 Å². The predicted octanol–water partition coefficient (Wildman–Crippen LogP) is 34.3. The minimum absolute atomic E-state index is 0.0410. The van der Waals surface area contributed by atoms with Gasteiger partial charge in [-0.1, -0.05) is 192 Å². The number of rotatable bonds is 32. The van der Waals surface area contributed by atoms with Crippen molar-refractivity contribution in [3.8, 4) is 0 Å². The van der Waals surface area contributed by atoms with E-state index in [0.29, 0.717) is 23.1 Å². The van der Waals surface area contributed by atoms with Gasteiger partial charge in [0.05, 0.1) is 0 Å². The van der Waals surface area contributed by atoms with Crippen LogP contribution in [0.3, 0.4) is 0 Å². The fourth-order valence-corrected chi connectivity index (χ4v) is 19.2. The summed E-state index contributed by atoms with van der Waals surface area (Å²) in [4.78, 5) is 28.3. The first-order valence-electron chi connectivity index (χ1n) is 59.3. The third-order valence-corrected chi connectivity index (χ3v) is 27.7. The van der Waals surface area contributed by atoms with Crippen molar-refractivity contribution in [2.24, 2.45) is 32.5 Å². The average Bonchev–Trinajstić information content (AvgIpc) is 0.754. The minimum Gasteiger partial charge on any atom is -0.366 e. The molecular formula is C132H240N12. The topological polar surface area (TPSA) is 38.9 Å². The molecule has 0 saturated carbocycles. The van der Waals surface area contributed by atoms with Crippen molar-refractivity contribution < 1.29 is 12.3 Å². The molecule has 0 heterocycles. The van der Waals surface area contributed by atoms with Crippen molar-refractivity contribution in [3.05, 3.63) is 178 Å². The van der Waals surface area contributed by atoms with Crippen molar-refractivity contribution in [2.75, 3.05) is 136 Å². The molecule has 0 aromatic heterocycles. The summed E-state index contributed by atoms with van der Waals surface area (Å²) in [5.41, 5.74) is 16.9. The van der Waals surface area contributed by atoms with Gasteiger partial charge in [-0.3, -0.25) is 9.80 Å².